The second-order valence-corrected chi connectivity index (χ2v) is 18.0. The molecule has 1 heterocycles. The van der Waals surface area contributed by atoms with Crippen molar-refractivity contribution in [1.29, 1.82) is 0 Å². The monoisotopic (exact) mass is 783 g/mol. The topological polar surface area (TPSA) is 127 Å². The number of anilines is 1. The third-order valence-corrected chi connectivity index (χ3v) is 13.3. The van der Waals surface area contributed by atoms with Gasteiger partial charge in [0.1, 0.15) is 17.9 Å². The Labute approximate surface area is 339 Å². The van der Waals surface area contributed by atoms with E-state index in [9.17, 15) is 19.8 Å². The van der Waals surface area contributed by atoms with Gasteiger partial charge >= 0.3 is 0 Å². The zero-order valence-corrected chi connectivity index (χ0v) is 35.6. The van der Waals surface area contributed by atoms with Gasteiger partial charge in [0.25, 0.3) is 5.91 Å². The zero-order valence-electron chi connectivity index (χ0n) is 35.6. The number of methoxy groups -OCH3 is 1. The number of aliphatic hydroxyl groups excluding tert-OH is 2. The average molecular weight is 784 g/mol. The molecule has 2 amide bonds. The number of hydrogen-bond donors (Lipinski definition) is 4. The Kier molecular flexibility index (Phi) is 13.1. The minimum Gasteiger partial charge on any atom is -0.496 e. The molecule has 0 radical (unpaired) electrons. The van der Waals surface area contributed by atoms with E-state index in [0.717, 1.165) is 28.8 Å². The summed E-state index contributed by atoms with van der Waals surface area (Å²) in [6.45, 7) is 11.2. The second-order valence-electron chi connectivity index (χ2n) is 18.0. The molecule has 1 aliphatic heterocycles. The number of rotatable bonds is 15. The number of nitrogens with one attached hydrogen (secondary N) is 2. The summed E-state index contributed by atoms with van der Waals surface area (Å²) in [6, 6.07) is 19.0. The van der Waals surface area contributed by atoms with Crippen molar-refractivity contribution in [3.63, 3.8) is 0 Å². The van der Waals surface area contributed by atoms with Gasteiger partial charge in [-0.1, -0.05) is 63.2 Å². The molecule has 4 fully saturated rings. The van der Waals surface area contributed by atoms with Crippen LogP contribution in [0.3, 0.4) is 0 Å². The number of benzene rings is 3. The molecule has 4 N–H and O–H groups in total. The fourth-order valence-electron chi connectivity index (χ4n) is 9.96. The lowest BCUT2D eigenvalue weighted by Gasteiger charge is -2.62. The van der Waals surface area contributed by atoms with Crippen LogP contribution < -0.4 is 20.3 Å². The molecule has 11 heteroatoms. The average Bonchev–Trinajstić information content (AvgIpc) is 3.54. The number of aliphatic hydroxyl groups is 2. The Morgan fingerprint density at radius 2 is 1.75 bits per heavy atom. The summed E-state index contributed by atoms with van der Waals surface area (Å²) in [5.74, 6) is 1.02. The van der Waals surface area contributed by atoms with Crippen molar-refractivity contribution in [2.24, 2.45) is 29.1 Å². The van der Waals surface area contributed by atoms with E-state index in [1.165, 1.54) is 17.5 Å². The van der Waals surface area contributed by atoms with Crippen molar-refractivity contribution < 1.29 is 29.4 Å². The molecular formula is C46H65N5O6. The van der Waals surface area contributed by atoms with Crippen LogP contribution >= 0.6 is 0 Å². The molecule has 11 nitrogen and oxygen atoms in total. The first kappa shape index (κ1) is 42.6. The number of likely N-dealkylation sites (N-methyl/N-ethyl adjacent to an activating group) is 1. The summed E-state index contributed by atoms with van der Waals surface area (Å²) >= 11 is 0. The largest absolute Gasteiger partial charge is 0.496 e. The first-order valence-corrected chi connectivity index (χ1v) is 20.5. The van der Waals surface area contributed by atoms with Crippen LogP contribution in [0.2, 0.25) is 0 Å². The molecule has 7 rings (SSSR count). The van der Waals surface area contributed by atoms with Gasteiger partial charge in [-0.05, 0) is 105 Å². The van der Waals surface area contributed by atoms with E-state index in [2.05, 4.69) is 55.4 Å². The molecule has 57 heavy (non-hydrogen) atoms. The first-order valence-electron chi connectivity index (χ1n) is 20.5. The number of amides is 2. The quantitative estimate of drug-likeness (QED) is 0.163. The third-order valence-electron chi connectivity index (χ3n) is 13.3. The molecule has 4 aliphatic rings. The van der Waals surface area contributed by atoms with E-state index in [-0.39, 0.29) is 42.5 Å². The summed E-state index contributed by atoms with van der Waals surface area (Å²) in [5, 5.41) is 29.7. The number of carbonyl (C=O) groups is 2. The van der Waals surface area contributed by atoms with Gasteiger partial charge in [-0.2, -0.15) is 5.06 Å². The highest BCUT2D eigenvalue weighted by Crippen LogP contribution is 2.61. The molecular weight excluding hydrogens is 719 g/mol. The number of hydroxylamine groups is 2. The number of hydrogen-bond acceptors (Lipinski definition) is 9. The molecule has 3 aliphatic carbocycles. The van der Waals surface area contributed by atoms with Gasteiger partial charge in [0.15, 0.2) is 0 Å². The SMILES string of the molecule is COc1c(CN2O[C@@H](CO)[C@@H]([C@H](C)O)[C@H]2C(=O)N[C@H]2C[C@H]3C[C@@H]([C@@H]2C)C3(C)C)cccc1-c1cc(C(=O)N[C@@H](Cc2ccccc2C)CN(C)C)cc(N(C)C)c1. The van der Waals surface area contributed by atoms with E-state index >= 15 is 0 Å². The van der Waals surface area contributed by atoms with Gasteiger partial charge in [0, 0.05) is 61.0 Å². The van der Waals surface area contributed by atoms with Crippen LogP contribution in [0.5, 0.6) is 5.75 Å². The van der Waals surface area contributed by atoms with Gasteiger partial charge in [-0.15, -0.1) is 0 Å². The molecule has 9 atom stereocenters. The number of ether oxygens (including phenoxy) is 1. The van der Waals surface area contributed by atoms with Gasteiger partial charge in [0.2, 0.25) is 5.91 Å². The Hall–Kier alpha value is -4.00. The van der Waals surface area contributed by atoms with Gasteiger partial charge < -0.3 is 35.4 Å². The molecule has 0 aromatic heterocycles. The van der Waals surface area contributed by atoms with Crippen LogP contribution in [0, 0.1) is 36.0 Å². The number of fused-ring (bicyclic) bond motifs is 2. The highest BCUT2D eigenvalue weighted by molar-refractivity contribution is 5.97. The highest BCUT2D eigenvalue weighted by atomic mass is 16.7. The predicted octanol–water partition coefficient (Wildman–Crippen LogP) is 5.30. The Morgan fingerprint density at radius 3 is 2.37 bits per heavy atom. The van der Waals surface area contributed by atoms with Crippen LogP contribution in [-0.2, 0) is 22.6 Å². The standard InChI is InChI=1S/C46H65N5O6/c1-27-14-11-12-15-30(27)19-35(25-49(6)7)47-44(54)33-18-32(20-36(21-33)50(8)9)37-17-13-16-31(43(37)56-10)24-51-42(41(29(3)53)40(26-52)57-51)45(55)48-39-23-34-22-38(28(39)2)46(34,4)5/h11-18,20-21,28-29,34-35,38-42,52-53H,19,22-26H2,1-10H3,(H,47,54)(H,48,55)/t28-,29-,34+,35-,38-,39-,40-,41+,42-/m0/s1. The smallest absolute Gasteiger partial charge is 0.251 e. The van der Waals surface area contributed by atoms with Gasteiger partial charge in [0.05, 0.1) is 26.4 Å². The molecule has 3 aromatic carbocycles. The second kappa shape index (κ2) is 17.5. The lowest BCUT2D eigenvalue weighted by atomic mass is 9.45. The molecule has 3 aromatic rings. The Morgan fingerprint density at radius 1 is 1.04 bits per heavy atom. The van der Waals surface area contributed by atoms with Gasteiger partial charge in [-0.25, -0.2) is 0 Å². The first-order chi connectivity index (χ1) is 27.0. The van der Waals surface area contributed by atoms with E-state index in [1.54, 1.807) is 19.1 Å². The fraction of sp³-hybridized carbons (Fsp3) is 0.565. The predicted molar refractivity (Wildman–Crippen MR) is 225 cm³/mol. The minimum atomic E-state index is -0.903. The maximum Gasteiger partial charge on any atom is 0.251 e. The normalized spacial score (nSPS) is 26.4. The summed E-state index contributed by atoms with van der Waals surface area (Å²) in [5.41, 5.74) is 6.39. The van der Waals surface area contributed by atoms with Crippen LogP contribution in [-0.4, -0.2) is 111 Å². The number of carbonyl (C=O) groups excluding carboxylic acids is 2. The lowest BCUT2D eigenvalue weighted by molar-refractivity contribution is -0.183. The molecule has 0 spiro atoms. The van der Waals surface area contributed by atoms with Crippen molar-refractivity contribution >= 4 is 17.5 Å². The molecule has 310 valence electrons. The third kappa shape index (κ3) is 8.88. The van der Waals surface area contributed by atoms with E-state index in [4.69, 9.17) is 9.57 Å². The summed E-state index contributed by atoms with van der Waals surface area (Å²) in [4.78, 5) is 38.8. The zero-order chi connectivity index (χ0) is 41.3. The highest BCUT2D eigenvalue weighted by Gasteiger charge is 2.57. The molecule has 3 saturated carbocycles. The summed E-state index contributed by atoms with van der Waals surface area (Å²) in [6.07, 6.45) is 1.17. The van der Waals surface area contributed by atoms with Crippen molar-refractivity contribution in [2.45, 2.75) is 90.8 Å². The van der Waals surface area contributed by atoms with Crippen LogP contribution in [0.4, 0.5) is 5.69 Å². The van der Waals surface area contributed by atoms with E-state index in [0.29, 0.717) is 42.0 Å². The van der Waals surface area contributed by atoms with Gasteiger partial charge in [-0.3, -0.25) is 14.4 Å². The van der Waals surface area contributed by atoms with Crippen molar-refractivity contribution in [3.8, 4) is 16.9 Å². The minimum absolute atomic E-state index is 0.0350. The summed E-state index contributed by atoms with van der Waals surface area (Å²) in [7, 11) is 9.54. The maximum atomic E-state index is 14.3. The Bertz CT molecular complexity index is 1900. The molecule has 2 bridgehead atoms. The Balaban J connectivity index is 1.29. The van der Waals surface area contributed by atoms with E-state index in [1.807, 2.05) is 81.6 Å². The van der Waals surface area contributed by atoms with Crippen molar-refractivity contribution in [1.82, 2.24) is 20.6 Å². The molecule has 1 saturated heterocycles. The maximum absolute atomic E-state index is 14.3. The van der Waals surface area contributed by atoms with Crippen molar-refractivity contribution in [3.05, 3.63) is 82.9 Å². The van der Waals surface area contributed by atoms with Crippen LogP contribution in [0.1, 0.15) is 67.6 Å². The molecule has 0 unspecified atom stereocenters. The number of aryl methyl sites for hydroxylation is 1. The summed E-state index contributed by atoms with van der Waals surface area (Å²) < 4.78 is 6.12. The number of nitrogens with zero attached hydrogens (tertiary/aromatic N) is 3. The van der Waals surface area contributed by atoms with Crippen LogP contribution in [0.15, 0.2) is 60.7 Å². The fourth-order valence-corrected chi connectivity index (χ4v) is 9.96. The van der Waals surface area contributed by atoms with Crippen molar-refractivity contribution in [2.75, 3.05) is 53.4 Å². The lowest BCUT2D eigenvalue weighted by Crippen LogP contribution is -2.62. The van der Waals surface area contributed by atoms with Crippen LogP contribution in [0.25, 0.3) is 11.1 Å². The van der Waals surface area contributed by atoms with E-state index < -0.39 is 24.2 Å². The number of para-hydroxylation sites is 1.